The van der Waals surface area contributed by atoms with Crippen LogP contribution in [0.25, 0.3) is 22.3 Å². The van der Waals surface area contributed by atoms with Crippen LogP contribution in [-0.4, -0.2) is 41.9 Å². The number of nitrogens with zero attached hydrogens (tertiary/aromatic N) is 2. The first kappa shape index (κ1) is 21.9. The Balaban J connectivity index is 1.29. The molecule has 2 heterocycles. The van der Waals surface area contributed by atoms with Crippen molar-refractivity contribution in [3.8, 4) is 28.0 Å². The van der Waals surface area contributed by atoms with Gasteiger partial charge < -0.3 is 14.6 Å². The van der Waals surface area contributed by atoms with Gasteiger partial charge in [-0.25, -0.2) is 9.59 Å². The maximum absolute atomic E-state index is 13.3. The number of hydrogen-bond donors (Lipinski definition) is 1. The van der Waals surface area contributed by atoms with Gasteiger partial charge in [0.25, 0.3) is 0 Å². The number of rotatable bonds is 4. The number of aromatic carboxylic acids is 1. The molecule has 4 aromatic rings. The summed E-state index contributed by atoms with van der Waals surface area (Å²) >= 11 is 0. The Hall–Kier alpha value is -4.65. The lowest BCUT2D eigenvalue weighted by Gasteiger charge is -2.30. The molecule has 1 aromatic heterocycles. The van der Waals surface area contributed by atoms with E-state index < -0.39 is 12.1 Å². The summed E-state index contributed by atoms with van der Waals surface area (Å²) in [6.45, 7) is 0.799. The molecule has 0 unspecified atom stereocenters. The quantitative estimate of drug-likeness (QED) is 0.411. The molecule has 7 nitrogen and oxygen atoms in total. The zero-order chi connectivity index (χ0) is 24.6. The second-order valence-corrected chi connectivity index (χ2v) is 8.68. The monoisotopic (exact) mass is 478 g/mol. The van der Waals surface area contributed by atoms with E-state index in [0.29, 0.717) is 29.1 Å². The summed E-state index contributed by atoms with van der Waals surface area (Å²) in [5.74, 6) is -0.663. The largest absolute Gasteiger partial charge is 0.489 e. The fourth-order valence-corrected chi connectivity index (χ4v) is 5.12. The molecular formula is C29H22N2O5. The van der Waals surface area contributed by atoms with Gasteiger partial charge in [0, 0.05) is 29.4 Å². The molecule has 7 heteroatoms. The minimum absolute atomic E-state index is 0.0401. The van der Waals surface area contributed by atoms with Crippen molar-refractivity contribution in [3.63, 3.8) is 0 Å². The summed E-state index contributed by atoms with van der Waals surface area (Å²) in [5.41, 5.74) is 6.27. The van der Waals surface area contributed by atoms with Crippen molar-refractivity contribution in [2.45, 2.75) is 5.92 Å². The minimum Gasteiger partial charge on any atom is -0.489 e. The topological polar surface area (TPSA) is 89.0 Å². The van der Waals surface area contributed by atoms with Crippen molar-refractivity contribution in [2.24, 2.45) is 0 Å². The van der Waals surface area contributed by atoms with Gasteiger partial charge in [-0.2, -0.15) is 0 Å². The van der Waals surface area contributed by atoms with E-state index in [1.807, 2.05) is 24.3 Å². The summed E-state index contributed by atoms with van der Waals surface area (Å²) in [6, 6.07) is 23.2. The molecule has 1 amide bonds. The zero-order valence-corrected chi connectivity index (χ0v) is 19.3. The number of amides is 1. The second kappa shape index (κ2) is 8.85. The van der Waals surface area contributed by atoms with Crippen LogP contribution in [0.3, 0.4) is 0 Å². The van der Waals surface area contributed by atoms with E-state index >= 15 is 0 Å². The smallest absolute Gasteiger partial charge is 0.414 e. The number of carboxylic acids is 1. The van der Waals surface area contributed by atoms with Crippen LogP contribution in [0.5, 0.6) is 5.75 Å². The Bertz CT molecular complexity index is 1450. The highest BCUT2D eigenvalue weighted by molar-refractivity contribution is 5.99. The number of carboxylic acid groups (broad SMARTS) is 1. The molecule has 1 aliphatic carbocycles. The lowest BCUT2D eigenvalue weighted by Crippen LogP contribution is -2.39. The van der Waals surface area contributed by atoms with Gasteiger partial charge in [0.2, 0.25) is 0 Å². The number of fused-ring (bicyclic) bond motifs is 4. The summed E-state index contributed by atoms with van der Waals surface area (Å²) < 4.78 is 11.8. The molecule has 0 atom stereocenters. The van der Waals surface area contributed by atoms with Crippen LogP contribution in [0.15, 0.2) is 85.2 Å². The molecule has 36 heavy (non-hydrogen) atoms. The van der Waals surface area contributed by atoms with Gasteiger partial charge in [0.1, 0.15) is 13.2 Å². The van der Waals surface area contributed by atoms with E-state index in [2.05, 4.69) is 29.2 Å². The Morgan fingerprint density at radius 2 is 1.61 bits per heavy atom. The van der Waals surface area contributed by atoms with Crippen molar-refractivity contribution in [1.82, 2.24) is 4.98 Å². The summed E-state index contributed by atoms with van der Waals surface area (Å²) in [6.07, 6.45) is 2.46. The van der Waals surface area contributed by atoms with Crippen LogP contribution < -0.4 is 9.64 Å². The Morgan fingerprint density at radius 3 is 2.33 bits per heavy atom. The van der Waals surface area contributed by atoms with Crippen LogP contribution in [0, 0.1) is 0 Å². The lowest BCUT2D eigenvalue weighted by molar-refractivity contribution is 0.0697. The van der Waals surface area contributed by atoms with E-state index in [0.717, 1.165) is 11.1 Å². The average Bonchev–Trinajstić information content (AvgIpc) is 3.24. The van der Waals surface area contributed by atoms with Gasteiger partial charge in [0.05, 0.1) is 17.8 Å². The number of ether oxygens (including phenoxy) is 2. The maximum atomic E-state index is 13.3. The highest BCUT2D eigenvalue weighted by Gasteiger charge is 2.32. The number of carbonyl (C=O) groups excluding carboxylic acids is 1. The first-order valence-electron chi connectivity index (χ1n) is 11.7. The van der Waals surface area contributed by atoms with Crippen molar-refractivity contribution >= 4 is 17.7 Å². The Labute approximate surface area is 207 Å². The van der Waals surface area contributed by atoms with Crippen molar-refractivity contribution in [1.29, 1.82) is 0 Å². The Morgan fingerprint density at radius 1 is 0.917 bits per heavy atom. The van der Waals surface area contributed by atoms with Gasteiger partial charge >= 0.3 is 12.1 Å². The fraction of sp³-hybridized carbons (Fsp3) is 0.138. The highest BCUT2D eigenvalue weighted by Crippen LogP contribution is 2.45. The summed E-state index contributed by atoms with van der Waals surface area (Å²) in [5, 5.41) is 9.63. The molecule has 6 rings (SSSR count). The molecule has 0 saturated carbocycles. The molecule has 0 spiro atoms. The standard InChI is InChI=1S/C29H22N2O5/c32-28(33)23-12-13-30-16-24(23)22-10-5-11-26-27(22)35-15-14-31(26)29(34)36-17-25-20-8-3-1-6-18(20)19-7-2-4-9-21(19)25/h1-13,16,25H,14-15,17H2,(H,32,33). The number of para-hydroxylation sites is 1. The van der Waals surface area contributed by atoms with Crippen LogP contribution in [0.1, 0.15) is 27.4 Å². The van der Waals surface area contributed by atoms with Crippen molar-refractivity contribution in [2.75, 3.05) is 24.7 Å². The molecular weight excluding hydrogens is 456 g/mol. The average molecular weight is 479 g/mol. The van der Waals surface area contributed by atoms with Crippen molar-refractivity contribution < 1.29 is 24.2 Å². The number of carbonyl (C=O) groups is 2. The molecule has 0 fully saturated rings. The van der Waals surface area contributed by atoms with E-state index in [-0.39, 0.29) is 24.7 Å². The van der Waals surface area contributed by atoms with Gasteiger partial charge in [0.15, 0.2) is 5.75 Å². The molecule has 3 aromatic carbocycles. The van der Waals surface area contributed by atoms with Crippen molar-refractivity contribution in [3.05, 3.63) is 102 Å². The lowest BCUT2D eigenvalue weighted by atomic mass is 9.98. The molecule has 0 radical (unpaired) electrons. The zero-order valence-electron chi connectivity index (χ0n) is 19.3. The molecule has 2 aliphatic rings. The van der Waals surface area contributed by atoms with E-state index in [1.54, 1.807) is 23.1 Å². The third kappa shape index (κ3) is 3.56. The van der Waals surface area contributed by atoms with Crippen LogP contribution in [0.2, 0.25) is 0 Å². The number of anilines is 1. The summed E-state index contributed by atoms with van der Waals surface area (Å²) in [4.78, 5) is 30.7. The van der Waals surface area contributed by atoms with Crippen LogP contribution in [-0.2, 0) is 4.74 Å². The number of hydrogen-bond acceptors (Lipinski definition) is 5. The van der Waals surface area contributed by atoms with Gasteiger partial charge in [-0.05, 0) is 34.4 Å². The third-order valence-electron chi connectivity index (χ3n) is 6.74. The molecule has 1 aliphatic heterocycles. The van der Waals surface area contributed by atoms with E-state index in [1.165, 1.54) is 29.6 Å². The molecule has 0 bridgehead atoms. The third-order valence-corrected chi connectivity index (χ3v) is 6.74. The maximum Gasteiger partial charge on any atom is 0.414 e. The van der Waals surface area contributed by atoms with E-state index in [9.17, 15) is 14.7 Å². The van der Waals surface area contributed by atoms with Crippen LogP contribution in [0.4, 0.5) is 10.5 Å². The minimum atomic E-state index is -1.06. The number of benzene rings is 3. The van der Waals surface area contributed by atoms with Gasteiger partial charge in [-0.1, -0.05) is 60.7 Å². The van der Waals surface area contributed by atoms with E-state index in [4.69, 9.17) is 9.47 Å². The number of aromatic nitrogens is 1. The normalized spacial score (nSPS) is 13.8. The first-order chi connectivity index (χ1) is 17.6. The number of pyridine rings is 1. The molecule has 0 saturated heterocycles. The van der Waals surface area contributed by atoms with Crippen LogP contribution >= 0.6 is 0 Å². The molecule has 178 valence electrons. The predicted molar refractivity (Wildman–Crippen MR) is 135 cm³/mol. The van der Waals surface area contributed by atoms with Gasteiger partial charge in [-0.15, -0.1) is 0 Å². The SMILES string of the molecule is O=C(O)c1ccncc1-c1cccc2c1OCCN2C(=O)OCC1c2ccccc2-c2ccccc21. The predicted octanol–water partition coefficient (Wildman–Crippen LogP) is 5.59. The fourth-order valence-electron chi connectivity index (χ4n) is 5.12. The first-order valence-corrected chi connectivity index (χ1v) is 11.7. The van der Waals surface area contributed by atoms with Gasteiger partial charge in [-0.3, -0.25) is 9.88 Å². The molecule has 1 N–H and O–H groups in total. The Kier molecular flexibility index (Phi) is 5.37. The highest BCUT2D eigenvalue weighted by atomic mass is 16.6. The second-order valence-electron chi connectivity index (χ2n) is 8.68. The summed E-state index contributed by atoms with van der Waals surface area (Å²) in [7, 11) is 0.